The van der Waals surface area contributed by atoms with Gasteiger partial charge in [-0.1, -0.05) is 141 Å². The fourth-order valence-corrected chi connectivity index (χ4v) is 8.64. The van der Waals surface area contributed by atoms with Crippen molar-refractivity contribution in [3.63, 3.8) is 0 Å². The van der Waals surface area contributed by atoms with E-state index in [0.29, 0.717) is 0 Å². The molecule has 1 aliphatic carbocycles. The number of fused-ring (bicyclic) bond motifs is 6. The summed E-state index contributed by atoms with van der Waals surface area (Å²) in [4.78, 5) is 2.40. The van der Waals surface area contributed by atoms with Crippen molar-refractivity contribution in [2.24, 2.45) is 0 Å². The average Bonchev–Trinajstić information content (AvgIpc) is 3.67. The zero-order valence-corrected chi connectivity index (χ0v) is 30.8. The molecule has 2 nitrogen and oxygen atoms in total. The van der Waals surface area contributed by atoms with Crippen LogP contribution >= 0.6 is 0 Å². The molecule has 0 aliphatic heterocycles. The maximum absolute atomic E-state index is 2.41. The molecule has 258 valence electrons. The molecule has 0 saturated heterocycles. The van der Waals surface area contributed by atoms with Gasteiger partial charge in [0.2, 0.25) is 0 Å². The van der Waals surface area contributed by atoms with Gasteiger partial charge < -0.3 is 9.47 Å². The average molecular weight is 693 g/mol. The molecule has 0 atom stereocenters. The maximum Gasteiger partial charge on any atom is 0.0541 e. The van der Waals surface area contributed by atoms with Crippen LogP contribution in [0.25, 0.3) is 60.9 Å². The Morgan fingerprint density at radius 2 is 0.944 bits per heavy atom. The van der Waals surface area contributed by atoms with E-state index >= 15 is 0 Å². The Kier molecular flexibility index (Phi) is 7.42. The van der Waals surface area contributed by atoms with Crippen LogP contribution in [-0.2, 0) is 5.41 Å². The van der Waals surface area contributed by atoms with Crippen molar-refractivity contribution >= 4 is 38.9 Å². The molecule has 0 fully saturated rings. The fraction of sp³-hybridized carbons (Fsp3) is 0.0769. The molecule has 0 saturated carbocycles. The summed E-state index contributed by atoms with van der Waals surface area (Å²) in [7, 11) is 0. The van der Waals surface area contributed by atoms with Crippen LogP contribution in [0.1, 0.15) is 30.5 Å². The zero-order chi connectivity index (χ0) is 36.4. The van der Waals surface area contributed by atoms with Crippen LogP contribution in [0.5, 0.6) is 0 Å². The standard InChI is InChI=1S/C52H40N2/c1-35-17-19-36(20-18-35)37-21-26-41(27-22-37)53(43-30-31-45-44-13-7-9-15-48(44)52(2,3)49(45)34-43)42-28-23-38(24-29-42)39-25-32-51-47(33-39)46-14-8-10-16-50(46)54(51)40-11-5-4-6-12-40/h4-34H,1-3H3. The van der Waals surface area contributed by atoms with Crippen LogP contribution in [0.15, 0.2) is 188 Å². The second-order valence-corrected chi connectivity index (χ2v) is 15.1. The number of aryl methyl sites for hydroxylation is 1. The van der Waals surface area contributed by atoms with Gasteiger partial charge in [-0.25, -0.2) is 0 Å². The van der Waals surface area contributed by atoms with E-state index in [1.807, 2.05) is 0 Å². The first-order chi connectivity index (χ1) is 26.4. The molecule has 1 aromatic heterocycles. The third kappa shape index (κ3) is 5.17. The molecule has 9 aromatic rings. The van der Waals surface area contributed by atoms with Crippen molar-refractivity contribution in [3.8, 4) is 39.1 Å². The third-order valence-corrected chi connectivity index (χ3v) is 11.5. The number of nitrogens with zero attached hydrogens (tertiary/aromatic N) is 2. The summed E-state index contributed by atoms with van der Waals surface area (Å²) < 4.78 is 2.37. The second-order valence-electron chi connectivity index (χ2n) is 15.1. The van der Waals surface area contributed by atoms with E-state index in [1.165, 1.54) is 77.6 Å². The lowest BCUT2D eigenvalue weighted by Crippen LogP contribution is -2.16. The lowest BCUT2D eigenvalue weighted by atomic mass is 9.82. The van der Waals surface area contributed by atoms with Gasteiger partial charge in [0, 0.05) is 38.9 Å². The molecule has 0 spiro atoms. The van der Waals surface area contributed by atoms with E-state index < -0.39 is 0 Å². The van der Waals surface area contributed by atoms with E-state index in [-0.39, 0.29) is 5.41 Å². The Morgan fingerprint density at radius 1 is 0.407 bits per heavy atom. The van der Waals surface area contributed by atoms with Crippen molar-refractivity contribution in [3.05, 3.63) is 205 Å². The van der Waals surface area contributed by atoms with Crippen LogP contribution in [-0.4, -0.2) is 4.57 Å². The normalized spacial score (nSPS) is 12.9. The van der Waals surface area contributed by atoms with E-state index in [2.05, 4.69) is 218 Å². The first-order valence-electron chi connectivity index (χ1n) is 18.8. The highest BCUT2D eigenvalue weighted by molar-refractivity contribution is 6.10. The number of anilines is 3. The first-order valence-corrected chi connectivity index (χ1v) is 18.8. The molecule has 54 heavy (non-hydrogen) atoms. The maximum atomic E-state index is 2.41. The van der Waals surface area contributed by atoms with Crippen molar-refractivity contribution in [2.75, 3.05) is 4.90 Å². The molecule has 10 rings (SSSR count). The molecular weight excluding hydrogens is 653 g/mol. The molecule has 0 unspecified atom stereocenters. The Hall–Kier alpha value is -6.64. The number of aromatic nitrogens is 1. The summed E-state index contributed by atoms with van der Waals surface area (Å²) >= 11 is 0. The second kappa shape index (κ2) is 12.5. The number of hydrogen-bond donors (Lipinski definition) is 0. The highest BCUT2D eigenvalue weighted by Crippen LogP contribution is 2.50. The minimum absolute atomic E-state index is 0.0883. The highest BCUT2D eigenvalue weighted by atomic mass is 15.1. The molecule has 0 bridgehead atoms. The summed E-state index contributed by atoms with van der Waals surface area (Å²) in [5.74, 6) is 0. The number of para-hydroxylation sites is 2. The Morgan fingerprint density at radius 3 is 1.67 bits per heavy atom. The lowest BCUT2D eigenvalue weighted by Gasteiger charge is -2.28. The van der Waals surface area contributed by atoms with Gasteiger partial charge in [0.15, 0.2) is 0 Å². The van der Waals surface area contributed by atoms with Crippen LogP contribution in [0.4, 0.5) is 17.1 Å². The highest BCUT2D eigenvalue weighted by Gasteiger charge is 2.35. The summed E-state index contributed by atoms with van der Waals surface area (Å²) in [5.41, 5.74) is 18.4. The largest absolute Gasteiger partial charge is 0.310 e. The third-order valence-electron chi connectivity index (χ3n) is 11.5. The van der Waals surface area contributed by atoms with Crippen LogP contribution in [0, 0.1) is 6.92 Å². The first kappa shape index (κ1) is 32.0. The predicted octanol–water partition coefficient (Wildman–Crippen LogP) is 14.2. The SMILES string of the molecule is Cc1ccc(-c2ccc(N(c3ccc(-c4ccc5c(c4)c4ccccc4n5-c4ccccc4)cc3)c3ccc4c(c3)C(C)(C)c3ccccc3-4)cc2)cc1. The fourth-order valence-electron chi connectivity index (χ4n) is 8.64. The molecule has 2 heteroatoms. The summed E-state index contributed by atoms with van der Waals surface area (Å²) in [5, 5.41) is 2.52. The van der Waals surface area contributed by atoms with E-state index in [0.717, 1.165) is 17.1 Å². The van der Waals surface area contributed by atoms with Crippen molar-refractivity contribution in [1.82, 2.24) is 4.57 Å². The quantitative estimate of drug-likeness (QED) is 0.168. The van der Waals surface area contributed by atoms with Crippen LogP contribution in [0.2, 0.25) is 0 Å². The van der Waals surface area contributed by atoms with Gasteiger partial charge in [0.25, 0.3) is 0 Å². The molecule has 1 aliphatic rings. The van der Waals surface area contributed by atoms with Crippen LogP contribution < -0.4 is 4.90 Å². The molecule has 1 heterocycles. The van der Waals surface area contributed by atoms with E-state index in [1.54, 1.807) is 0 Å². The molecule has 0 N–H and O–H groups in total. The molecule has 0 radical (unpaired) electrons. The van der Waals surface area contributed by atoms with Gasteiger partial charge in [-0.3, -0.25) is 0 Å². The van der Waals surface area contributed by atoms with Gasteiger partial charge in [0.05, 0.1) is 11.0 Å². The van der Waals surface area contributed by atoms with Gasteiger partial charge >= 0.3 is 0 Å². The van der Waals surface area contributed by atoms with E-state index in [4.69, 9.17) is 0 Å². The van der Waals surface area contributed by atoms with Crippen molar-refractivity contribution < 1.29 is 0 Å². The predicted molar refractivity (Wildman–Crippen MR) is 229 cm³/mol. The van der Waals surface area contributed by atoms with Gasteiger partial charge in [-0.15, -0.1) is 0 Å². The Balaban J connectivity index is 1.07. The molecule has 0 amide bonds. The van der Waals surface area contributed by atoms with Crippen LogP contribution in [0.3, 0.4) is 0 Å². The zero-order valence-electron chi connectivity index (χ0n) is 30.8. The lowest BCUT2D eigenvalue weighted by molar-refractivity contribution is 0.660. The Bertz CT molecular complexity index is 2820. The van der Waals surface area contributed by atoms with E-state index in [9.17, 15) is 0 Å². The van der Waals surface area contributed by atoms with Crippen molar-refractivity contribution in [1.29, 1.82) is 0 Å². The number of hydrogen-bond acceptors (Lipinski definition) is 1. The van der Waals surface area contributed by atoms with Crippen molar-refractivity contribution in [2.45, 2.75) is 26.2 Å². The Labute approximate surface area is 317 Å². The van der Waals surface area contributed by atoms with Gasteiger partial charge in [-0.05, 0) is 118 Å². The summed E-state index contributed by atoms with van der Waals surface area (Å²) in [6.07, 6.45) is 0. The molecular formula is C52H40N2. The summed E-state index contributed by atoms with van der Waals surface area (Å²) in [6, 6.07) is 69.0. The minimum Gasteiger partial charge on any atom is -0.310 e. The van der Waals surface area contributed by atoms with Gasteiger partial charge in [0.1, 0.15) is 0 Å². The number of benzene rings is 8. The topological polar surface area (TPSA) is 8.17 Å². The van der Waals surface area contributed by atoms with Gasteiger partial charge in [-0.2, -0.15) is 0 Å². The number of rotatable bonds is 6. The summed E-state index contributed by atoms with van der Waals surface area (Å²) in [6.45, 7) is 6.84. The molecule has 8 aromatic carbocycles. The minimum atomic E-state index is -0.0883. The smallest absolute Gasteiger partial charge is 0.0541 e. The monoisotopic (exact) mass is 692 g/mol.